The fourth-order valence-electron chi connectivity index (χ4n) is 3.94. The first-order chi connectivity index (χ1) is 11.3. The van der Waals surface area contributed by atoms with Gasteiger partial charge in [0.05, 0.1) is 0 Å². The minimum atomic E-state index is -6.45. The second-order valence-corrected chi connectivity index (χ2v) is 8.86. The Bertz CT molecular complexity index is 566. The van der Waals surface area contributed by atoms with Gasteiger partial charge in [0.1, 0.15) is 0 Å². The van der Waals surface area contributed by atoms with E-state index in [1.165, 1.54) is 4.72 Å². The molecule has 2 aliphatic carbocycles. The van der Waals surface area contributed by atoms with Gasteiger partial charge in [-0.05, 0) is 43.4 Å². The fourth-order valence-corrected chi connectivity index (χ4v) is 4.97. The predicted octanol–water partition coefficient (Wildman–Crippen LogP) is 3.33. The molecule has 25 heavy (non-hydrogen) atoms. The molecule has 2 fully saturated rings. The van der Waals surface area contributed by atoms with Crippen LogP contribution >= 0.6 is 0 Å². The summed E-state index contributed by atoms with van der Waals surface area (Å²) in [7, 11) is -6.09. The topological polar surface area (TPSA) is 66.4 Å². The average Bonchev–Trinajstić information content (AvgIpc) is 2.45. The highest BCUT2D eigenvalue weighted by Crippen LogP contribution is 2.47. The van der Waals surface area contributed by atoms with E-state index in [0.717, 1.165) is 38.5 Å². The Morgan fingerprint density at radius 2 is 1.48 bits per heavy atom. The van der Waals surface area contributed by atoms with Gasteiger partial charge in [-0.2, -0.15) is 26.3 Å². The van der Waals surface area contributed by atoms with Crippen LogP contribution in [0.4, 0.5) is 26.3 Å². The molecule has 2 unspecified atom stereocenters. The molecule has 4 nitrogen and oxygen atoms in total. The van der Waals surface area contributed by atoms with Crippen LogP contribution in [0, 0.1) is 17.8 Å². The van der Waals surface area contributed by atoms with Crippen LogP contribution < -0.4 is 4.72 Å². The molecule has 0 amide bonds. The summed E-state index contributed by atoms with van der Waals surface area (Å²) in [5.41, 5.74) is 0. The number of aliphatic hydroxyl groups is 1. The minimum absolute atomic E-state index is 0.0835. The van der Waals surface area contributed by atoms with Gasteiger partial charge in [0, 0.05) is 6.54 Å². The first-order valence-corrected chi connectivity index (χ1v) is 9.61. The zero-order chi connectivity index (χ0) is 19.1. The third kappa shape index (κ3) is 4.08. The molecule has 0 saturated heterocycles. The second-order valence-electron chi connectivity index (χ2n) is 7.05. The summed E-state index contributed by atoms with van der Waals surface area (Å²) in [4.78, 5) is 0. The summed E-state index contributed by atoms with van der Waals surface area (Å²) in [5, 5.41) is 1.76. The summed E-state index contributed by atoms with van der Waals surface area (Å²) in [5.74, 6) is -5.35. The maximum Gasteiger partial charge on any atom is 0.429 e. The lowest BCUT2D eigenvalue weighted by atomic mass is 9.67. The number of hydrogen-bond acceptors (Lipinski definition) is 3. The lowest BCUT2D eigenvalue weighted by Crippen LogP contribution is -2.60. The first kappa shape index (κ1) is 20.8. The zero-order valence-electron chi connectivity index (χ0n) is 13.3. The van der Waals surface area contributed by atoms with Gasteiger partial charge < -0.3 is 5.11 Å². The molecule has 0 heterocycles. The number of fused-ring (bicyclic) bond motifs is 2. The van der Waals surface area contributed by atoms with Crippen molar-refractivity contribution in [1.82, 2.24) is 4.72 Å². The quantitative estimate of drug-likeness (QED) is 0.648. The zero-order valence-corrected chi connectivity index (χ0v) is 14.1. The Morgan fingerprint density at radius 3 is 1.96 bits per heavy atom. The summed E-state index contributed by atoms with van der Waals surface area (Å²) < 4.78 is 101. The van der Waals surface area contributed by atoms with Crippen molar-refractivity contribution in [3.05, 3.63) is 0 Å². The lowest BCUT2D eigenvalue weighted by molar-refractivity contribution is -0.365. The van der Waals surface area contributed by atoms with Crippen LogP contribution in [-0.4, -0.2) is 37.4 Å². The minimum Gasteiger partial charge on any atom is -0.331 e. The van der Waals surface area contributed by atoms with E-state index in [1.807, 2.05) is 0 Å². The molecule has 2 atom stereocenters. The predicted molar refractivity (Wildman–Crippen MR) is 76.8 cm³/mol. The molecule has 0 spiro atoms. The molecule has 0 aromatic heterocycles. The van der Waals surface area contributed by atoms with Gasteiger partial charge in [-0.1, -0.05) is 19.3 Å². The number of hydrogen-bond donors (Lipinski definition) is 2. The number of alkyl halides is 6. The highest BCUT2D eigenvalue weighted by Gasteiger charge is 2.77. The van der Waals surface area contributed by atoms with Crippen LogP contribution in [0.5, 0.6) is 0 Å². The number of nitrogens with one attached hydrogen (secondary N) is 1. The van der Waals surface area contributed by atoms with Crippen LogP contribution in [0.3, 0.4) is 0 Å². The fraction of sp³-hybridized carbons (Fsp3) is 1.00. The Balaban J connectivity index is 1.95. The number of sulfonamides is 1. The molecule has 2 N–H and O–H groups in total. The lowest BCUT2D eigenvalue weighted by Gasteiger charge is -2.39. The van der Waals surface area contributed by atoms with Crippen molar-refractivity contribution in [3.8, 4) is 0 Å². The Morgan fingerprint density at radius 1 is 0.960 bits per heavy atom. The van der Waals surface area contributed by atoms with Gasteiger partial charge in [-0.3, -0.25) is 0 Å². The molecule has 2 rings (SSSR count). The molecule has 0 aromatic carbocycles. The maximum atomic E-state index is 13.4. The smallest absolute Gasteiger partial charge is 0.331 e. The van der Waals surface area contributed by atoms with Crippen molar-refractivity contribution < 1.29 is 39.9 Å². The van der Waals surface area contributed by atoms with Gasteiger partial charge in [-0.25, -0.2) is 13.1 Å². The summed E-state index contributed by atoms with van der Waals surface area (Å²) in [6, 6.07) is 0. The van der Waals surface area contributed by atoms with Gasteiger partial charge in [0.25, 0.3) is 10.0 Å². The van der Waals surface area contributed by atoms with Crippen LogP contribution in [-0.2, 0) is 10.0 Å². The molecule has 0 aromatic rings. The van der Waals surface area contributed by atoms with E-state index in [4.69, 9.17) is 5.11 Å². The van der Waals surface area contributed by atoms with Crippen molar-refractivity contribution in [2.45, 2.75) is 62.2 Å². The van der Waals surface area contributed by atoms with Crippen molar-refractivity contribution in [3.63, 3.8) is 0 Å². The molecule has 2 saturated carbocycles. The third-order valence-corrected chi connectivity index (χ3v) is 6.67. The van der Waals surface area contributed by atoms with Crippen LogP contribution in [0.2, 0.25) is 0 Å². The van der Waals surface area contributed by atoms with E-state index in [1.54, 1.807) is 0 Å². The molecular weight excluding hydrogens is 376 g/mol. The van der Waals surface area contributed by atoms with Crippen LogP contribution in [0.1, 0.15) is 44.9 Å². The molecule has 0 radical (unpaired) electrons. The van der Waals surface area contributed by atoms with Crippen LogP contribution in [0.15, 0.2) is 0 Å². The van der Waals surface area contributed by atoms with Crippen molar-refractivity contribution in [2.24, 2.45) is 17.8 Å². The Labute approximate surface area is 142 Å². The third-order valence-electron chi connectivity index (χ3n) is 5.15. The Hall–Kier alpha value is -0.550. The summed E-state index contributed by atoms with van der Waals surface area (Å²) in [6.45, 7) is -0.547. The van der Waals surface area contributed by atoms with Crippen molar-refractivity contribution in [1.29, 1.82) is 0 Å². The van der Waals surface area contributed by atoms with E-state index in [2.05, 4.69) is 0 Å². The van der Waals surface area contributed by atoms with E-state index in [9.17, 15) is 34.8 Å². The van der Waals surface area contributed by atoms with E-state index < -0.39 is 33.9 Å². The van der Waals surface area contributed by atoms with Gasteiger partial charge >= 0.3 is 17.3 Å². The van der Waals surface area contributed by atoms with Crippen molar-refractivity contribution in [2.75, 3.05) is 6.54 Å². The van der Waals surface area contributed by atoms with Crippen molar-refractivity contribution >= 4 is 10.0 Å². The van der Waals surface area contributed by atoms with E-state index in [-0.39, 0.29) is 12.3 Å². The van der Waals surface area contributed by atoms with E-state index >= 15 is 0 Å². The molecular formula is C14H21F6NO3S. The largest absolute Gasteiger partial charge is 0.429 e. The summed E-state index contributed by atoms with van der Waals surface area (Å²) in [6.07, 6.45) is -0.0128. The highest BCUT2D eigenvalue weighted by molar-refractivity contribution is 7.90. The van der Waals surface area contributed by atoms with Gasteiger partial charge in [0.2, 0.25) is 0 Å². The van der Waals surface area contributed by atoms with Gasteiger partial charge in [0.15, 0.2) is 0 Å². The van der Waals surface area contributed by atoms with E-state index in [0.29, 0.717) is 11.8 Å². The average molecular weight is 397 g/mol. The molecule has 0 aliphatic heterocycles. The Kier molecular flexibility index (Phi) is 5.71. The molecule has 11 heteroatoms. The summed E-state index contributed by atoms with van der Waals surface area (Å²) >= 11 is 0. The van der Waals surface area contributed by atoms with Crippen LogP contribution in [0.25, 0.3) is 0 Å². The highest BCUT2D eigenvalue weighted by atomic mass is 32.2. The number of halogens is 6. The standard InChI is InChI=1S/C14H21F6NO3S/c15-12(16,13(17,18)22)14(19,20)25(23,24)21-5-4-11-7-9-2-1-3-10(6-9)8-11/h9-11,21-22H,1-8H2. The SMILES string of the molecule is O=S(=O)(NCCC1CC2CCCC(C2)C1)C(F)(F)C(F)(F)C(O)(F)F. The molecule has 2 aliphatic rings. The maximum absolute atomic E-state index is 13.4. The normalized spacial score (nSPS) is 28.8. The monoisotopic (exact) mass is 397 g/mol. The molecule has 148 valence electrons. The van der Waals surface area contributed by atoms with Gasteiger partial charge in [-0.15, -0.1) is 0 Å². The number of rotatable bonds is 7. The first-order valence-electron chi connectivity index (χ1n) is 8.13. The second kappa shape index (κ2) is 6.88. The molecule has 2 bridgehead atoms.